The van der Waals surface area contributed by atoms with Crippen molar-refractivity contribution in [1.82, 2.24) is 10.2 Å². The molecular formula is C18H22N2O2S. The van der Waals surface area contributed by atoms with Crippen LogP contribution in [0.1, 0.15) is 36.3 Å². The average molecular weight is 330 g/mol. The lowest BCUT2D eigenvalue weighted by Gasteiger charge is -2.26. The predicted molar refractivity (Wildman–Crippen MR) is 91.2 cm³/mol. The van der Waals surface area contributed by atoms with E-state index < -0.39 is 0 Å². The summed E-state index contributed by atoms with van der Waals surface area (Å²) < 4.78 is 0. The Balaban J connectivity index is 1.45. The summed E-state index contributed by atoms with van der Waals surface area (Å²) in [5.74, 6) is 2.12. The van der Waals surface area contributed by atoms with E-state index in [4.69, 9.17) is 0 Å². The van der Waals surface area contributed by atoms with Crippen molar-refractivity contribution in [2.75, 3.05) is 18.2 Å². The predicted octanol–water partition coefficient (Wildman–Crippen LogP) is 2.14. The molecule has 2 amide bonds. The van der Waals surface area contributed by atoms with Crippen LogP contribution < -0.4 is 5.32 Å². The van der Waals surface area contributed by atoms with Crippen molar-refractivity contribution in [3.05, 3.63) is 35.4 Å². The van der Waals surface area contributed by atoms with Crippen LogP contribution in [0.4, 0.5) is 0 Å². The number of rotatable bonds is 4. The fraction of sp³-hybridized carbons (Fsp3) is 0.556. The zero-order valence-corrected chi connectivity index (χ0v) is 14.0. The summed E-state index contributed by atoms with van der Waals surface area (Å²) in [4.78, 5) is 27.2. The topological polar surface area (TPSA) is 49.4 Å². The van der Waals surface area contributed by atoms with Crippen molar-refractivity contribution in [2.45, 2.75) is 37.6 Å². The summed E-state index contributed by atoms with van der Waals surface area (Å²) in [6, 6.07) is 7.92. The third-order valence-electron chi connectivity index (χ3n) is 5.16. The second-order valence-electron chi connectivity index (χ2n) is 6.80. The number of benzene rings is 1. The van der Waals surface area contributed by atoms with E-state index in [9.17, 15) is 9.59 Å². The minimum atomic E-state index is -0.293. The maximum Gasteiger partial charge on any atom is 0.243 e. The van der Waals surface area contributed by atoms with Crippen LogP contribution in [0.3, 0.4) is 0 Å². The molecule has 4 rings (SSSR count). The van der Waals surface area contributed by atoms with E-state index in [1.54, 1.807) is 16.7 Å². The highest BCUT2D eigenvalue weighted by Gasteiger charge is 2.40. The number of thioether (sulfide) groups is 1. The highest BCUT2D eigenvalue weighted by Crippen LogP contribution is 2.36. The van der Waals surface area contributed by atoms with Gasteiger partial charge in [0.15, 0.2) is 0 Å². The minimum Gasteiger partial charge on any atom is -0.354 e. The highest BCUT2D eigenvalue weighted by molar-refractivity contribution is 7.99. The quantitative estimate of drug-likeness (QED) is 0.920. The van der Waals surface area contributed by atoms with E-state index in [1.807, 2.05) is 12.1 Å². The van der Waals surface area contributed by atoms with Gasteiger partial charge >= 0.3 is 0 Å². The number of nitrogens with one attached hydrogen (secondary N) is 1. The van der Waals surface area contributed by atoms with E-state index in [2.05, 4.69) is 17.4 Å². The fourth-order valence-corrected chi connectivity index (χ4v) is 4.74. The zero-order valence-electron chi connectivity index (χ0n) is 13.2. The summed E-state index contributed by atoms with van der Waals surface area (Å²) in [5.41, 5.74) is 2.44. The third-order valence-corrected chi connectivity index (χ3v) is 6.17. The van der Waals surface area contributed by atoms with Gasteiger partial charge in [0.2, 0.25) is 11.8 Å². The molecule has 1 saturated carbocycles. The molecule has 1 aromatic rings. The summed E-state index contributed by atoms with van der Waals surface area (Å²) in [5, 5.41) is 3.03. The molecule has 0 spiro atoms. The van der Waals surface area contributed by atoms with E-state index in [0.717, 1.165) is 30.7 Å². The van der Waals surface area contributed by atoms with E-state index in [1.165, 1.54) is 18.4 Å². The lowest BCUT2D eigenvalue weighted by molar-refractivity contribution is -0.139. The lowest BCUT2D eigenvalue weighted by atomic mass is 9.99. The maximum absolute atomic E-state index is 13.0. The van der Waals surface area contributed by atoms with Gasteiger partial charge in [-0.3, -0.25) is 9.59 Å². The number of fused-ring (bicyclic) bond motifs is 1. The first-order chi connectivity index (χ1) is 11.2. The van der Waals surface area contributed by atoms with Gasteiger partial charge in [-0.15, -0.1) is 11.8 Å². The van der Waals surface area contributed by atoms with Gasteiger partial charge in [0.05, 0.1) is 11.8 Å². The van der Waals surface area contributed by atoms with Crippen LogP contribution in [0.25, 0.3) is 0 Å². The van der Waals surface area contributed by atoms with Gasteiger partial charge in [-0.25, -0.2) is 0 Å². The maximum atomic E-state index is 13.0. The monoisotopic (exact) mass is 330 g/mol. The van der Waals surface area contributed by atoms with Crippen molar-refractivity contribution in [3.8, 4) is 0 Å². The van der Waals surface area contributed by atoms with Crippen LogP contribution in [-0.2, 0) is 16.0 Å². The molecule has 2 atom stereocenters. The molecule has 1 heterocycles. The van der Waals surface area contributed by atoms with Gasteiger partial charge in [-0.2, -0.15) is 0 Å². The van der Waals surface area contributed by atoms with Crippen molar-refractivity contribution >= 4 is 23.6 Å². The average Bonchev–Trinajstić information content (AvgIpc) is 3.11. The number of carbonyl (C=O) groups excluding carboxylic acids is 2. The molecule has 0 radical (unpaired) electrons. The molecule has 5 heteroatoms. The normalized spacial score (nSPS) is 26.2. The Morgan fingerprint density at radius 1 is 1.22 bits per heavy atom. The molecule has 1 aliphatic heterocycles. The molecular weight excluding hydrogens is 308 g/mol. The molecule has 0 aromatic heterocycles. The first-order valence-electron chi connectivity index (χ1n) is 8.48. The van der Waals surface area contributed by atoms with Crippen LogP contribution >= 0.6 is 11.8 Å². The van der Waals surface area contributed by atoms with E-state index in [0.29, 0.717) is 11.8 Å². The standard InChI is InChI=1S/C18H22N2O2S/c21-17(19-9-12-5-6-12)16-10-23-11-20(16)18(22)15-8-7-13-3-1-2-4-14(13)15/h1-4,12,15-16H,5-11H2,(H,19,21). The van der Waals surface area contributed by atoms with E-state index >= 15 is 0 Å². The first kappa shape index (κ1) is 15.1. The number of carbonyl (C=O) groups is 2. The smallest absolute Gasteiger partial charge is 0.243 e. The molecule has 0 bridgehead atoms. The van der Waals surface area contributed by atoms with Gasteiger partial charge in [0.25, 0.3) is 0 Å². The van der Waals surface area contributed by atoms with Crippen LogP contribution in [0, 0.1) is 5.92 Å². The van der Waals surface area contributed by atoms with Crippen LogP contribution in [0.15, 0.2) is 24.3 Å². The SMILES string of the molecule is O=C(NCC1CC1)C1CSCN1C(=O)C1CCc2ccccc21. The van der Waals surface area contributed by atoms with Gasteiger partial charge < -0.3 is 10.2 Å². The summed E-state index contributed by atoms with van der Waals surface area (Å²) in [7, 11) is 0. The zero-order chi connectivity index (χ0) is 15.8. The van der Waals surface area contributed by atoms with Crippen molar-refractivity contribution < 1.29 is 9.59 Å². The van der Waals surface area contributed by atoms with Crippen LogP contribution in [0.5, 0.6) is 0 Å². The molecule has 2 aliphatic carbocycles. The summed E-state index contributed by atoms with van der Waals surface area (Å²) in [6.45, 7) is 0.772. The number of amides is 2. The Bertz CT molecular complexity index is 629. The Morgan fingerprint density at radius 2 is 2.04 bits per heavy atom. The van der Waals surface area contributed by atoms with E-state index in [-0.39, 0.29) is 23.8 Å². The Labute approximate surface area is 141 Å². The van der Waals surface area contributed by atoms with Gasteiger partial charge in [-0.05, 0) is 42.7 Å². The summed E-state index contributed by atoms with van der Waals surface area (Å²) >= 11 is 1.68. The molecule has 1 saturated heterocycles. The van der Waals surface area contributed by atoms with Crippen LogP contribution in [0.2, 0.25) is 0 Å². The second-order valence-corrected chi connectivity index (χ2v) is 7.80. The molecule has 1 N–H and O–H groups in total. The number of aryl methyl sites for hydroxylation is 1. The van der Waals surface area contributed by atoms with Crippen molar-refractivity contribution in [2.24, 2.45) is 5.92 Å². The number of hydrogen-bond donors (Lipinski definition) is 1. The van der Waals surface area contributed by atoms with Gasteiger partial charge in [0.1, 0.15) is 6.04 Å². The molecule has 3 aliphatic rings. The molecule has 2 unspecified atom stereocenters. The van der Waals surface area contributed by atoms with Crippen molar-refractivity contribution in [1.29, 1.82) is 0 Å². The Kier molecular flexibility index (Phi) is 4.05. The largest absolute Gasteiger partial charge is 0.354 e. The number of nitrogens with zero attached hydrogens (tertiary/aromatic N) is 1. The third kappa shape index (κ3) is 2.99. The molecule has 23 heavy (non-hydrogen) atoms. The molecule has 2 fully saturated rings. The van der Waals surface area contributed by atoms with Crippen molar-refractivity contribution in [3.63, 3.8) is 0 Å². The lowest BCUT2D eigenvalue weighted by Crippen LogP contribution is -2.48. The number of hydrogen-bond acceptors (Lipinski definition) is 3. The summed E-state index contributed by atoms with van der Waals surface area (Å²) in [6.07, 6.45) is 4.28. The molecule has 4 nitrogen and oxygen atoms in total. The Morgan fingerprint density at radius 3 is 2.87 bits per heavy atom. The first-order valence-corrected chi connectivity index (χ1v) is 9.63. The fourth-order valence-electron chi connectivity index (χ4n) is 3.58. The van der Waals surface area contributed by atoms with Gasteiger partial charge in [0, 0.05) is 12.3 Å². The minimum absolute atomic E-state index is 0.0292. The molecule has 122 valence electrons. The van der Waals surface area contributed by atoms with Gasteiger partial charge in [-0.1, -0.05) is 24.3 Å². The highest BCUT2D eigenvalue weighted by atomic mass is 32.2. The Hall–Kier alpha value is -1.49. The second kappa shape index (κ2) is 6.19. The molecule has 1 aromatic carbocycles. The van der Waals surface area contributed by atoms with Crippen LogP contribution in [-0.4, -0.2) is 40.9 Å².